The summed E-state index contributed by atoms with van der Waals surface area (Å²) in [6.45, 7) is 4.31. The van der Waals surface area contributed by atoms with Crippen LogP contribution in [0, 0.1) is 5.92 Å². The van der Waals surface area contributed by atoms with Crippen LogP contribution in [0.15, 0.2) is 24.8 Å². The molecule has 1 fully saturated rings. The maximum atomic E-state index is 5.98. The van der Waals surface area contributed by atoms with Crippen molar-refractivity contribution in [3.05, 3.63) is 34.0 Å². The highest BCUT2D eigenvalue weighted by atomic mass is 35.5. The zero-order chi connectivity index (χ0) is 13.1. The summed E-state index contributed by atoms with van der Waals surface area (Å²) >= 11 is 7.67. The molecule has 2 aromatic rings. The van der Waals surface area contributed by atoms with E-state index in [9.17, 15) is 0 Å². The van der Waals surface area contributed by atoms with Gasteiger partial charge in [0.25, 0.3) is 0 Å². The minimum Gasteiger partial charge on any atom is -0.298 e. The number of hydrogen-bond acceptors (Lipinski definition) is 4. The number of nitrogens with zero attached hydrogens (tertiary/aromatic N) is 4. The zero-order valence-electron chi connectivity index (χ0n) is 10.7. The van der Waals surface area contributed by atoms with E-state index in [1.54, 1.807) is 24.0 Å². The third kappa shape index (κ3) is 3.55. The highest BCUT2D eigenvalue weighted by Gasteiger charge is 2.20. The molecule has 0 aromatic carbocycles. The lowest BCUT2D eigenvalue weighted by Gasteiger charge is -2.32. The van der Waals surface area contributed by atoms with Crippen molar-refractivity contribution in [3.63, 3.8) is 0 Å². The molecule has 102 valence electrons. The number of rotatable bonds is 4. The number of thiophene rings is 1. The van der Waals surface area contributed by atoms with E-state index in [4.69, 9.17) is 11.6 Å². The van der Waals surface area contributed by atoms with Crippen LogP contribution in [0.2, 0.25) is 4.34 Å². The SMILES string of the molecule is Clc1ccc(CN2CCC[C@@H](Cn3cncn3)C2)s1. The maximum Gasteiger partial charge on any atom is 0.137 e. The van der Waals surface area contributed by atoms with Gasteiger partial charge in [-0.1, -0.05) is 11.6 Å². The first-order valence-electron chi connectivity index (χ1n) is 6.58. The predicted molar refractivity (Wildman–Crippen MR) is 77.4 cm³/mol. The molecule has 1 atom stereocenters. The van der Waals surface area contributed by atoms with E-state index in [0.717, 1.165) is 24.0 Å². The Labute approximate surface area is 122 Å². The lowest BCUT2D eigenvalue weighted by molar-refractivity contribution is 0.154. The van der Waals surface area contributed by atoms with Gasteiger partial charge in [-0.05, 0) is 37.4 Å². The topological polar surface area (TPSA) is 34.0 Å². The largest absolute Gasteiger partial charge is 0.298 e. The fourth-order valence-electron chi connectivity index (χ4n) is 2.69. The highest BCUT2D eigenvalue weighted by molar-refractivity contribution is 7.16. The quantitative estimate of drug-likeness (QED) is 0.870. The third-order valence-electron chi connectivity index (χ3n) is 3.52. The van der Waals surface area contributed by atoms with Crippen molar-refractivity contribution in [2.45, 2.75) is 25.9 Å². The minimum absolute atomic E-state index is 0.672. The predicted octanol–water partition coefficient (Wildman–Crippen LogP) is 2.91. The fraction of sp³-hybridized carbons (Fsp3) is 0.538. The van der Waals surface area contributed by atoms with Gasteiger partial charge in [0.1, 0.15) is 12.7 Å². The second kappa shape index (κ2) is 6.03. The van der Waals surface area contributed by atoms with Gasteiger partial charge in [0.05, 0.1) is 4.34 Å². The summed E-state index contributed by atoms with van der Waals surface area (Å²) in [4.78, 5) is 7.88. The summed E-state index contributed by atoms with van der Waals surface area (Å²) in [5.74, 6) is 0.672. The molecule has 4 nitrogen and oxygen atoms in total. The maximum absolute atomic E-state index is 5.98. The molecule has 1 saturated heterocycles. The van der Waals surface area contributed by atoms with Crippen LogP contribution in [0.1, 0.15) is 17.7 Å². The molecule has 0 N–H and O–H groups in total. The van der Waals surface area contributed by atoms with E-state index < -0.39 is 0 Å². The summed E-state index contributed by atoms with van der Waals surface area (Å²) in [5.41, 5.74) is 0. The highest BCUT2D eigenvalue weighted by Crippen LogP contribution is 2.25. The van der Waals surface area contributed by atoms with Crippen LogP contribution in [0.4, 0.5) is 0 Å². The van der Waals surface area contributed by atoms with Gasteiger partial charge in [-0.15, -0.1) is 11.3 Å². The Morgan fingerprint density at radius 3 is 3.11 bits per heavy atom. The summed E-state index contributed by atoms with van der Waals surface area (Å²) in [6.07, 6.45) is 5.95. The van der Waals surface area contributed by atoms with Crippen LogP contribution >= 0.6 is 22.9 Å². The molecule has 19 heavy (non-hydrogen) atoms. The van der Waals surface area contributed by atoms with Crippen molar-refractivity contribution in [2.24, 2.45) is 5.92 Å². The lowest BCUT2D eigenvalue weighted by Crippen LogP contribution is -2.36. The molecule has 6 heteroatoms. The zero-order valence-corrected chi connectivity index (χ0v) is 12.3. The molecule has 0 amide bonds. The van der Waals surface area contributed by atoms with Crippen molar-refractivity contribution in [3.8, 4) is 0 Å². The number of piperidine rings is 1. The summed E-state index contributed by atoms with van der Waals surface area (Å²) < 4.78 is 2.82. The lowest BCUT2D eigenvalue weighted by atomic mass is 9.98. The van der Waals surface area contributed by atoms with Gasteiger partial charge in [-0.3, -0.25) is 9.58 Å². The van der Waals surface area contributed by atoms with Gasteiger partial charge < -0.3 is 0 Å². The van der Waals surface area contributed by atoms with Crippen LogP contribution in [0.25, 0.3) is 0 Å². The molecule has 0 aliphatic carbocycles. The molecule has 1 aliphatic rings. The molecule has 0 unspecified atom stereocenters. The fourth-order valence-corrected chi connectivity index (χ4v) is 3.82. The molecular formula is C13H17ClN4S. The minimum atomic E-state index is 0.672. The average molecular weight is 297 g/mol. The average Bonchev–Trinajstić information content (AvgIpc) is 3.02. The molecule has 1 aliphatic heterocycles. The van der Waals surface area contributed by atoms with Crippen molar-refractivity contribution < 1.29 is 0 Å². The van der Waals surface area contributed by atoms with Gasteiger partial charge in [-0.2, -0.15) is 5.10 Å². The van der Waals surface area contributed by atoms with Crippen molar-refractivity contribution >= 4 is 22.9 Å². The van der Waals surface area contributed by atoms with Crippen LogP contribution < -0.4 is 0 Å². The number of aromatic nitrogens is 3. The molecule has 0 saturated carbocycles. The van der Waals surface area contributed by atoms with Crippen molar-refractivity contribution in [1.29, 1.82) is 0 Å². The first kappa shape index (κ1) is 13.1. The Balaban J connectivity index is 1.55. The van der Waals surface area contributed by atoms with Crippen molar-refractivity contribution in [1.82, 2.24) is 19.7 Å². The first-order chi connectivity index (χ1) is 9.29. The molecule has 2 aromatic heterocycles. The van der Waals surface area contributed by atoms with Gasteiger partial charge in [0, 0.05) is 24.5 Å². The first-order valence-corrected chi connectivity index (χ1v) is 7.78. The molecule has 3 rings (SSSR count). The Morgan fingerprint density at radius 1 is 1.42 bits per heavy atom. The molecule has 0 bridgehead atoms. The van der Waals surface area contributed by atoms with E-state index in [2.05, 4.69) is 21.0 Å². The van der Waals surface area contributed by atoms with Gasteiger partial charge in [-0.25, -0.2) is 4.98 Å². The summed E-state index contributed by atoms with van der Waals surface area (Å²) in [7, 11) is 0. The standard InChI is InChI=1S/C13H17ClN4S/c14-13-4-3-12(19-13)8-17-5-1-2-11(6-17)7-18-10-15-9-16-18/h3-4,9-11H,1-2,5-8H2/t11-/m1/s1. The van der Waals surface area contributed by atoms with Gasteiger partial charge in [0.2, 0.25) is 0 Å². The second-order valence-corrected chi connectivity index (χ2v) is 6.87. The summed E-state index contributed by atoms with van der Waals surface area (Å²) in [5, 5.41) is 4.19. The third-order valence-corrected chi connectivity index (χ3v) is 4.74. The monoisotopic (exact) mass is 296 g/mol. The van der Waals surface area contributed by atoms with E-state index >= 15 is 0 Å². The molecule has 0 spiro atoms. The van der Waals surface area contributed by atoms with Gasteiger partial charge >= 0.3 is 0 Å². The van der Waals surface area contributed by atoms with E-state index in [1.165, 1.54) is 24.3 Å². The normalized spacial score (nSPS) is 20.8. The Hall–Kier alpha value is -0.910. The number of likely N-dealkylation sites (tertiary alicyclic amines) is 1. The Morgan fingerprint density at radius 2 is 2.37 bits per heavy atom. The van der Waals surface area contributed by atoms with E-state index in [-0.39, 0.29) is 0 Å². The summed E-state index contributed by atoms with van der Waals surface area (Å²) in [6, 6.07) is 4.12. The van der Waals surface area contributed by atoms with Crippen molar-refractivity contribution in [2.75, 3.05) is 13.1 Å². The number of hydrogen-bond donors (Lipinski definition) is 0. The number of halogens is 1. The van der Waals surface area contributed by atoms with Crippen LogP contribution in [0.3, 0.4) is 0 Å². The molecule has 0 radical (unpaired) electrons. The Bertz CT molecular complexity index is 510. The molecule has 3 heterocycles. The second-order valence-electron chi connectivity index (χ2n) is 5.07. The smallest absolute Gasteiger partial charge is 0.137 e. The Kier molecular flexibility index (Phi) is 4.15. The van der Waals surface area contributed by atoms with E-state index in [0.29, 0.717) is 5.92 Å². The van der Waals surface area contributed by atoms with Crippen LogP contribution in [0.5, 0.6) is 0 Å². The van der Waals surface area contributed by atoms with Crippen LogP contribution in [-0.4, -0.2) is 32.8 Å². The van der Waals surface area contributed by atoms with E-state index in [1.807, 2.05) is 10.7 Å². The van der Waals surface area contributed by atoms with Gasteiger partial charge in [0.15, 0.2) is 0 Å². The molecular weight excluding hydrogens is 280 g/mol. The van der Waals surface area contributed by atoms with Crippen LogP contribution in [-0.2, 0) is 13.1 Å².